The Bertz CT molecular complexity index is 422. The molecule has 2 N–H and O–H groups in total. The number of nitrogens with one attached hydrogen (secondary N) is 1. The van der Waals surface area contributed by atoms with E-state index in [-0.39, 0.29) is 11.4 Å². The number of hydrogen-bond acceptors (Lipinski definition) is 3. The average Bonchev–Trinajstić information content (AvgIpc) is 2.35. The van der Waals surface area contributed by atoms with Crippen LogP contribution in [0.15, 0.2) is 24.3 Å². The number of benzene rings is 1. The SMILES string of the molecule is CC1(C)CC(NCC(O)c2ccccc2F)CCO1. The van der Waals surface area contributed by atoms with E-state index in [0.29, 0.717) is 18.2 Å². The number of halogens is 1. The van der Waals surface area contributed by atoms with Crippen LogP contribution in [0.2, 0.25) is 0 Å². The van der Waals surface area contributed by atoms with Gasteiger partial charge in [-0.2, -0.15) is 0 Å². The van der Waals surface area contributed by atoms with Crippen LogP contribution < -0.4 is 5.32 Å². The highest BCUT2D eigenvalue weighted by atomic mass is 19.1. The van der Waals surface area contributed by atoms with Crippen molar-refractivity contribution >= 4 is 0 Å². The third kappa shape index (κ3) is 4.00. The quantitative estimate of drug-likeness (QED) is 0.880. The van der Waals surface area contributed by atoms with Gasteiger partial charge in [0.1, 0.15) is 5.82 Å². The summed E-state index contributed by atoms with van der Waals surface area (Å²) in [6, 6.07) is 6.66. The van der Waals surface area contributed by atoms with Crippen molar-refractivity contribution in [1.82, 2.24) is 5.32 Å². The lowest BCUT2D eigenvalue weighted by Crippen LogP contribution is -2.44. The number of rotatable bonds is 4. The molecule has 0 aliphatic carbocycles. The molecule has 2 atom stereocenters. The molecule has 0 aromatic heterocycles. The Kier molecular flexibility index (Phi) is 4.55. The van der Waals surface area contributed by atoms with Gasteiger partial charge in [0, 0.05) is 24.8 Å². The molecule has 19 heavy (non-hydrogen) atoms. The number of aliphatic hydroxyl groups excluding tert-OH is 1. The van der Waals surface area contributed by atoms with Crippen LogP contribution in [0.25, 0.3) is 0 Å². The molecular formula is C15H22FNO2. The van der Waals surface area contributed by atoms with Crippen LogP contribution in [0.4, 0.5) is 4.39 Å². The van der Waals surface area contributed by atoms with Crippen LogP contribution in [0.1, 0.15) is 38.4 Å². The van der Waals surface area contributed by atoms with E-state index >= 15 is 0 Å². The zero-order valence-electron chi connectivity index (χ0n) is 11.5. The van der Waals surface area contributed by atoms with E-state index in [4.69, 9.17) is 4.74 Å². The predicted molar refractivity (Wildman–Crippen MR) is 72.4 cm³/mol. The second kappa shape index (κ2) is 5.99. The predicted octanol–water partition coefficient (Wildman–Crippen LogP) is 2.41. The van der Waals surface area contributed by atoms with E-state index in [1.54, 1.807) is 18.2 Å². The van der Waals surface area contributed by atoms with Crippen molar-refractivity contribution in [3.8, 4) is 0 Å². The Balaban J connectivity index is 1.87. The minimum Gasteiger partial charge on any atom is -0.387 e. The number of hydrogen-bond donors (Lipinski definition) is 2. The van der Waals surface area contributed by atoms with E-state index in [2.05, 4.69) is 19.2 Å². The molecule has 1 aliphatic rings. The Morgan fingerprint density at radius 1 is 1.47 bits per heavy atom. The fraction of sp³-hybridized carbons (Fsp3) is 0.600. The molecule has 1 aromatic rings. The lowest BCUT2D eigenvalue weighted by atomic mass is 9.93. The molecule has 0 radical (unpaired) electrons. The third-order valence-corrected chi connectivity index (χ3v) is 3.56. The first-order valence-corrected chi connectivity index (χ1v) is 6.78. The molecule has 2 rings (SSSR count). The van der Waals surface area contributed by atoms with Crippen LogP contribution >= 0.6 is 0 Å². The van der Waals surface area contributed by atoms with E-state index in [9.17, 15) is 9.50 Å². The monoisotopic (exact) mass is 267 g/mol. The van der Waals surface area contributed by atoms with Crippen molar-refractivity contribution in [2.45, 2.75) is 44.4 Å². The van der Waals surface area contributed by atoms with Crippen molar-refractivity contribution in [3.63, 3.8) is 0 Å². The zero-order chi connectivity index (χ0) is 13.9. The Morgan fingerprint density at radius 2 is 2.21 bits per heavy atom. The number of aliphatic hydroxyl groups is 1. The Hall–Kier alpha value is -0.970. The summed E-state index contributed by atoms with van der Waals surface area (Å²) >= 11 is 0. The second-order valence-electron chi connectivity index (χ2n) is 5.74. The molecule has 1 fully saturated rings. The summed E-state index contributed by atoms with van der Waals surface area (Å²) in [6.07, 6.45) is 1.01. The lowest BCUT2D eigenvalue weighted by molar-refractivity contribution is -0.0639. The molecule has 1 saturated heterocycles. The van der Waals surface area contributed by atoms with Gasteiger partial charge in [-0.15, -0.1) is 0 Å². The van der Waals surface area contributed by atoms with Crippen molar-refractivity contribution < 1.29 is 14.2 Å². The van der Waals surface area contributed by atoms with Gasteiger partial charge in [0.2, 0.25) is 0 Å². The molecular weight excluding hydrogens is 245 g/mol. The van der Waals surface area contributed by atoms with Gasteiger partial charge in [0.15, 0.2) is 0 Å². The summed E-state index contributed by atoms with van der Waals surface area (Å²) in [4.78, 5) is 0. The van der Waals surface area contributed by atoms with Crippen molar-refractivity contribution in [2.75, 3.05) is 13.2 Å². The normalized spacial score (nSPS) is 24.1. The van der Waals surface area contributed by atoms with Crippen LogP contribution in [0.3, 0.4) is 0 Å². The van der Waals surface area contributed by atoms with Gasteiger partial charge in [0.05, 0.1) is 11.7 Å². The largest absolute Gasteiger partial charge is 0.387 e. The molecule has 106 valence electrons. The molecule has 0 spiro atoms. The van der Waals surface area contributed by atoms with Crippen LogP contribution in [-0.2, 0) is 4.74 Å². The molecule has 0 amide bonds. The summed E-state index contributed by atoms with van der Waals surface area (Å²) < 4.78 is 19.2. The molecule has 0 saturated carbocycles. The van der Waals surface area contributed by atoms with Crippen LogP contribution in [-0.4, -0.2) is 29.9 Å². The summed E-state index contributed by atoms with van der Waals surface area (Å²) in [5, 5.41) is 13.3. The highest BCUT2D eigenvalue weighted by molar-refractivity contribution is 5.20. The molecule has 1 aliphatic heterocycles. The Morgan fingerprint density at radius 3 is 2.89 bits per heavy atom. The van der Waals surface area contributed by atoms with Gasteiger partial charge in [-0.1, -0.05) is 18.2 Å². The Labute approximate surface area is 113 Å². The topological polar surface area (TPSA) is 41.5 Å². The van der Waals surface area contributed by atoms with Crippen LogP contribution in [0, 0.1) is 5.82 Å². The maximum Gasteiger partial charge on any atom is 0.129 e. The minimum atomic E-state index is -0.813. The van der Waals surface area contributed by atoms with E-state index < -0.39 is 6.10 Å². The maximum absolute atomic E-state index is 13.5. The van der Waals surface area contributed by atoms with Crippen molar-refractivity contribution in [3.05, 3.63) is 35.6 Å². The van der Waals surface area contributed by atoms with Crippen molar-refractivity contribution in [1.29, 1.82) is 0 Å². The first kappa shape index (κ1) is 14.4. The molecule has 4 heteroatoms. The molecule has 0 bridgehead atoms. The smallest absolute Gasteiger partial charge is 0.129 e. The van der Waals surface area contributed by atoms with Gasteiger partial charge in [-0.3, -0.25) is 0 Å². The third-order valence-electron chi connectivity index (χ3n) is 3.56. The fourth-order valence-electron chi connectivity index (χ4n) is 2.54. The summed E-state index contributed by atoms with van der Waals surface area (Å²) in [7, 11) is 0. The number of ether oxygens (including phenoxy) is 1. The molecule has 1 heterocycles. The summed E-state index contributed by atoms with van der Waals surface area (Å²) in [6.45, 7) is 5.21. The maximum atomic E-state index is 13.5. The standard InChI is InChI=1S/C15H22FNO2/c1-15(2)9-11(7-8-19-15)17-10-14(18)12-5-3-4-6-13(12)16/h3-6,11,14,17-18H,7-10H2,1-2H3. The highest BCUT2D eigenvalue weighted by Gasteiger charge is 2.28. The summed E-state index contributed by atoms with van der Waals surface area (Å²) in [5.74, 6) is -0.357. The second-order valence-corrected chi connectivity index (χ2v) is 5.74. The fourth-order valence-corrected chi connectivity index (χ4v) is 2.54. The van der Waals surface area contributed by atoms with E-state index in [1.807, 2.05) is 0 Å². The van der Waals surface area contributed by atoms with E-state index in [0.717, 1.165) is 19.4 Å². The van der Waals surface area contributed by atoms with Gasteiger partial charge in [-0.05, 0) is 32.8 Å². The van der Waals surface area contributed by atoms with Crippen LogP contribution in [0.5, 0.6) is 0 Å². The zero-order valence-corrected chi connectivity index (χ0v) is 11.5. The van der Waals surface area contributed by atoms with Gasteiger partial charge in [0.25, 0.3) is 0 Å². The molecule has 3 nitrogen and oxygen atoms in total. The molecule has 2 unspecified atom stereocenters. The van der Waals surface area contributed by atoms with Crippen molar-refractivity contribution in [2.24, 2.45) is 0 Å². The minimum absolute atomic E-state index is 0.126. The first-order valence-electron chi connectivity index (χ1n) is 6.78. The average molecular weight is 267 g/mol. The first-order chi connectivity index (χ1) is 8.98. The van der Waals surface area contributed by atoms with Gasteiger partial charge in [-0.25, -0.2) is 4.39 Å². The van der Waals surface area contributed by atoms with Gasteiger partial charge < -0.3 is 15.2 Å². The molecule has 1 aromatic carbocycles. The summed E-state index contributed by atoms with van der Waals surface area (Å²) in [5.41, 5.74) is 0.222. The highest BCUT2D eigenvalue weighted by Crippen LogP contribution is 2.24. The lowest BCUT2D eigenvalue weighted by Gasteiger charge is -2.36. The van der Waals surface area contributed by atoms with Gasteiger partial charge >= 0.3 is 0 Å². The van der Waals surface area contributed by atoms with E-state index in [1.165, 1.54) is 6.07 Å².